The van der Waals surface area contributed by atoms with Gasteiger partial charge < -0.3 is 15.0 Å². The number of methoxy groups -OCH3 is 1. The molecular weight excluding hydrogens is 354 g/mol. The minimum absolute atomic E-state index is 0.394. The zero-order valence-corrected chi connectivity index (χ0v) is 16.2. The molecule has 0 saturated heterocycles. The number of rotatable bonds is 8. The first-order valence-electron chi connectivity index (χ1n) is 9.00. The van der Waals surface area contributed by atoms with Crippen LogP contribution < -0.4 is 10.5 Å². The van der Waals surface area contributed by atoms with Crippen molar-refractivity contribution in [2.45, 2.75) is 45.1 Å². The van der Waals surface area contributed by atoms with Gasteiger partial charge in [0.05, 0.1) is 18.4 Å². The van der Waals surface area contributed by atoms with Crippen LogP contribution in [0.4, 0.5) is 5.82 Å². The predicted octanol–water partition coefficient (Wildman–Crippen LogP) is 1.02. The average Bonchev–Trinajstić information content (AvgIpc) is 2.95. The lowest BCUT2D eigenvalue weighted by Crippen LogP contribution is -2.24. The number of nitrogens with two attached hydrogens (primary N) is 1. The fourth-order valence-corrected chi connectivity index (χ4v) is 4.08. The van der Waals surface area contributed by atoms with Gasteiger partial charge in [-0.3, -0.25) is 0 Å². The van der Waals surface area contributed by atoms with Crippen LogP contribution in [0.5, 0.6) is 0 Å². The van der Waals surface area contributed by atoms with E-state index in [2.05, 4.69) is 14.3 Å². The molecule has 0 spiro atoms. The Morgan fingerprint density at radius 1 is 1.27 bits per heavy atom. The second kappa shape index (κ2) is 7.89. The third-order valence-corrected chi connectivity index (χ3v) is 5.45. The van der Waals surface area contributed by atoms with Crippen molar-refractivity contribution < 1.29 is 13.2 Å². The predicted molar refractivity (Wildman–Crippen MR) is 102 cm³/mol. The number of hydrogen-bond acceptors (Lipinski definition) is 6. The van der Waals surface area contributed by atoms with E-state index in [4.69, 9.17) is 15.5 Å². The molecule has 9 heteroatoms. The van der Waals surface area contributed by atoms with E-state index in [9.17, 15) is 8.42 Å². The largest absolute Gasteiger partial charge is 0.384 e. The van der Waals surface area contributed by atoms with E-state index >= 15 is 0 Å². The summed E-state index contributed by atoms with van der Waals surface area (Å²) in [4.78, 5) is 9.33. The lowest BCUT2D eigenvalue weighted by molar-refractivity contribution is 0.199. The maximum Gasteiger partial charge on any atom is 0.208 e. The Kier molecular flexibility index (Phi) is 5.79. The standard InChI is InChI=1S/C17H27N5O3S/c1-25-11-8-14-21-15-16(22(14)10-5-9-19-26(2,23)24)12-6-3-4-7-13(12)20-17(15)18/h19H,3-11H2,1-2H3,(H2,18,20). The molecule has 2 aromatic heterocycles. The Hall–Kier alpha value is -1.71. The fourth-order valence-electron chi connectivity index (χ4n) is 3.57. The zero-order valence-electron chi connectivity index (χ0n) is 15.4. The third-order valence-electron chi connectivity index (χ3n) is 4.72. The molecule has 0 aromatic carbocycles. The first-order valence-corrected chi connectivity index (χ1v) is 10.9. The van der Waals surface area contributed by atoms with Crippen LogP contribution >= 0.6 is 0 Å². The van der Waals surface area contributed by atoms with Crippen LogP contribution in [0, 0.1) is 0 Å². The number of nitrogens with zero attached hydrogens (tertiary/aromatic N) is 3. The second-order valence-corrected chi connectivity index (χ2v) is 8.60. The van der Waals surface area contributed by atoms with E-state index < -0.39 is 10.0 Å². The highest BCUT2D eigenvalue weighted by Gasteiger charge is 2.22. The van der Waals surface area contributed by atoms with Crippen LogP contribution in [-0.2, 0) is 40.6 Å². The minimum Gasteiger partial charge on any atom is -0.384 e. The highest BCUT2D eigenvalue weighted by Crippen LogP contribution is 2.31. The Morgan fingerprint density at radius 3 is 2.77 bits per heavy atom. The maximum absolute atomic E-state index is 11.3. The Labute approximate surface area is 154 Å². The Balaban J connectivity index is 1.97. The van der Waals surface area contributed by atoms with Gasteiger partial charge in [0.2, 0.25) is 10.0 Å². The molecule has 0 atom stereocenters. The highest BCUT2D eigenvalue weighted by atomic mass is 32.2. The summed E-state index contributed by atoms with van der Waals surface area (Å²) in [5.41, 5.74) is 10.3. The lowest BCUT2D eigenvalue weighted by atomic mass is 9.95. The highest BCUT2D eigenvalue weighted by molar-refractivity contribution is 7.88. The first-order chi connectivity index (χ1) is 12.4. The average molecular weight is 382 g/mol. The molecule has 1 aliphatic carbocycles. The van der Waals surface area contributed by atoms with E-state index in [1.165, 1.54) is 11.8 Å². The van der Waals surface area contributed by atoms with E-state index in [-0.39, 0.29) is 0 Å². The number of sulfonamides is 1. The van der Waals surface area contributed by atoms with Crippen LogP contribution in [0.15, 0.2) is 0 Å². The van der Waals surface area contributed by atoms with Crippen molar-refractivity contribution in [3.8, 4) is 0 Å². The molecule has 0 amide bonds. The molecule has 26 heavy (non-hydrogen) atoms. The number of fused-ring (bicyclic) bond motifs is 3. The number of pyridine rings is 1. The van der Waals surface area contributed by atoms with Crippen LogP contribution in [0.25, 0.3) is 11.0 Å². The summed E-state index contributed by atoms with van der Waals surface area (Å²) < 4.78 is 32.5. The number of nitrogens with one attached hydrogen (secondary N) is 1. The normalized spacial score (nSPS) is 14.7. The molecular formula is C17H27N5O3S. The second-order valence-electron chi connectivity index (χ2n) is 6.77. The molecule has 0 radical (unpaired) electrons. The summed E-state index contributed by atoms with van der Waals surface area (Å²) in [5.74, 6) is 1.39. The van der Waals surface area contributed by atoms with Gasteiger partial charge in [-0.2, -0.15) is 0 Å². The number of nitrogen functional groups attached to an aromatic ring is 1. The molecule has 0 aliphatic heterocycles. The van der Waals surface area contributed by atoms with Crippen molar-refractivity contribution in [1.82, 2.24) is 19.3 Å². The molecule has 144 valence electrons. The van der Waals surface area contributed by atoms with Gasteiger partial charge >= 0.3 is 0 Å². The number of ether oxygens (including phenoxy) is 1. The van der Waals surface area contributed by atoms with E-state index in [0.717, 1.165) is 48.2 Å². The number of aromatic nitrogens is 3. The van der Waals surface area contributed by atoms with E-state index in [1.54, 1.807) is 7.11 Å². The number of hydrogen-bond donors (Lipinski definition) is 2. The lowest BCUT2D eigenvalue weighted by Gasteiger charge is -2.18. The molecule has 0 saturated carbocycles. The third kappa shape index (κ3) is 4.16. The molecule has 0 unspecified atom stereocenters. The van der Waals surface area contributed by atoms with Crippen molar-refractivity contribution >= 4 is 26.9 Å². The summed E-state index contributed by atoms with van der Waals surface area (Å²) in [6, 6.07) is 0. The van der Waals surface area contributed by atoms with Gasteiger partial charge in [-0.05, 0) is 37.7 Å². The summed E-state index contributed by atoms with van der Waals surface area (Å²) in [5, 5.41) is 0. The number of anilines is 1. The van der Waals surface area contributed by atoms with Crippen molar-refractivity contribution in [3.63, 3.8) is 0 Å². The van der Waals surface area contributed by atoms with Gasteiger partial charge in [0.15, 0.2) is 5.82 Å². The summed E-state index contributed by atoms with van der Waals surface area (Å²) in [6.07, 6.45) is 6.73. The van der Waals surface area contributed by atoms with Gasteiger partial charge in [0.25, 0.3) is 0 Å². The minimum atomic E-state index is -3.18. The van der Waals surface area contributed by atoms with Gasteiger partial charge in [-0.1, -0.05) is 0 Å². The van der Waals surface area contributed by atoms with Crippen molar-refractivity contribution in [3.05, 3.63) is 17.1 Å². The molecule has 1 aliphatic rings. The first kappa shape index (κ1) is 19.1. The van der Waals surface area contributed by atoms with Gasteiger partial charge in [0, 0.05) is 32.3 Å². The summed E-state index contributed by atoms with van der Waals surface area (Å²) in [6.45, 7) is 1.64. The SMILES string of the molecule is COCCc1nc2c(N)nc3c(c2n1CCCNS(C)(=O)=O)CCCC3. The Bertz CT molecular complexity index is 892. The number of aryl methyl sites for hydroxylation is 3. The van der Waals surface area contributed by atoms with E-state index in [1.807, 2.05) is 0 Å². The van der Waals surface area contributed by atoms with Gasteiger partial charge in [-0.25, -0.2) is 23.1 Å². The Morgan fingerprint density at radius 2 is 2.04 bits per heavy atom. The maximum atomic E-state index is 11.3. The van der Waals surface area contributed by atoms with Crippen LogP contribution in [0.2, 0.25) is 0 Å². The molecule has 0 fully saturated rings. The van der Waals surface area contributed by atoms with Crippen LogP contribution in [-0.4, -0.2) is 49.5 Å². The molecule has 3 N–H and O–H groups in total. The summed E-state index contributed by atoms with van der Waals surface area (Å²) >= 11 is 0. The van der Waals surface area contributed by atoms with Crippen molar-refractivity contribution in [1.29, 1.82) is 0 Å². The zero-order chi connectivity index (χ0) is 18.7. The topological polar surface area (TPSA) is 112 Å². The van der Waals surface area contributed by atoms with Crippen LogP contribution in [0.1, 0.15) is 36.3 Å². The molecule has 2 heterocycles. The smallest absolute Gasteiger partial charge is 0.208 e. The van der Waals surface area contributed by atoms with E-state index in [0.29, 0.717) is 38.4 Å². The molecule has 8 nitrogen and oxygen atoms in total. The van der Waals surface area contributed by atoms with Crippen LogP contribution in [0.3, 0.4) is 0 Å². The molecule has 2 aromatic rings. The van der Waals surface area contributed by atoms with Crippen molar-refractivity contribution in [2.75, 3.05) is 32.3 Å². The fraction of sp³-hybridized carbons (Fsp3) is 0.647. The quantitative estimate of drug-likeness (QED) is 0.660. The van der Waals surface area contributed by atoms with Gasteiger partial charge in [-0.15, -0.1) is 0 Å². The molecule has 0 bridgehead atoms. The van der Waals surface area contributed by atoms with Gasteiger partial charge in [0.1, 0.15) is 11.3 Å². The molecule has 3 rings (SSSR count). The summed E-state index contributed by atoms with van der Waals surface area (Å²) in [7, 11) is -1.51. The monoisotopic (exact) mass is 381 g/mol. The van der Waals surface area contributed by atoms with Crippen molar-refractivity contribution in [2.24, 2.45) is 0 Å². The number of imidazole rings is 1.